The molecule has 0 saturated heterocycles. The number of hydrogen-bond acceptors (Lipinski definition) is 3. The van der Waals surface area contributed by atoms with Crippen molar-refractivity contribution < 1.29 is 9.59 Å². The van der Waals surface area contributed by atoms with E-state index in [9.17, 15) is 9.59 Å². The highest BCUT2D eigenvalue weighted by Crippen LogP contribution is 2.13. The Morgan fingerprint density at radius 3 is 2.00 bits per heavy atom. The number of aryl methyl sites for hydroxylation is 3. The first-order valence-corrected chi connectivity index (χ1v) is 7.66. The molecule has 2 N–H and O–H groups in total. The highest BCUT2D eigenvalue weighted by Gasteiger charge is 2.13. The van der Waals surface area contributed by atoms with E-state index in [1.165, 1.54) is 0 Å². The van der Waals surface area contributed by atoms with Crippen LogP contribution in [0.15, 0.2) is 47.6 Å². The molecule has 0 aliphatic carbocycles. The minimum atomic E-state index is -0.805. The molecule has 24 heavy (non-hydrogen) atoms. The van der Waals surface area contributed by atoms with Crippen LogP contribution in [0.2, 0.25) is 0 Å². The molecule has 0 spiro atoms. The van der Waals surface area contributed by atoms with Gasteiger partial charge in [-0.25, -0.2) is 5.43 Å². The zero-order valence-electron chi connectivity index (χ0n) is 14.3. The number of anilines is 1. The third-order valence-electron chi connectivity index (χ3n) is 3.48. The molecule has 2 aromatic carbocycles. The Bertz CT molecular complexity index is 773. The lowest BCUT2D eigenvalue weighted by molar-refractivity contribution is -0.136. The first-order valence-electron chi connectivity index (χ1n) is 7.66. The SMILES string of the molecule is CC(=NNC(=O)C(=O)Nc1cc(C)cc(C)c1)c1ccc(C)cc1. The van der Waals surface area contributed by atoms with Gasteiger partial charge in [0.2, 0.25) is 0 Å². The van der Waals surface area contributed by atoms with Gasteiger partial charge in [-0.3, -0.25) is 9.59 Å². The van der Waals surface area contributed by atoms with Crippen molar-refractivity contribution >= 4 is 23.2 Å². The molecular formula is C19H21N3O2. The number of nitrogens with one attached hydrogen (secondary N) is 2. The van der Waals surface area contributed by atoms with Crippen molar-refractivity contribution in [3.8, 4) is 0 Å². The smallest absolute Gasteiger partial charge is 0.318 e. The van der Waals surface area contributed by atoms with Crippen LogP contribution in [0, 0.1) is 20.8 Å². The number of benzene rings is 2. The maximum absolute atomic E-state index is 11.9. The van der Waals surface area contributed by atoms with Gasteiger partial charge in [-0.2, -0.15) is 5.10 Å². The Hall–Kier alpha value is -2.95. The van der Waals surface area contributed by atoms with E-state index in [2.05, 4.69) is 15.8 Å². The molecule has 2 amide bonds. The fourth-order valence-corrected chi connectivity index (χ4v) is 2.28. The summed E-state index contributed by atoms with van der Waals surface area (Å²) in [5, 5.41) is 6.55. The molecule has 5 heteroatoms. The van der Waals surface area contributed by atoms with Gasteiger partial charge >= 0.3 is 11.8 Å². The molecule has 0 fully saturated rings. The van der Waals surface area contributed by atoms with Crippen molar-refractivity contribution in [1.29, 1.82) is 0 Å². The van der Waals surface area contributed by atoms with E-state index in [-0.39, 0.29) is 0 Å². The Morgan fingerprint density at radius 2 is 1.42 bits per heavy atom. The first kappa shape index (κ1) is 17.4. The molecular weight excluding hydrogens is 302 g/mol. The van der Waals surface area contributed by atoms with E-state index < -0.39 is 11.8 Å². The summed E-state index contributed by atoms with van der Waals surface area (Å²) in [4.78, 5) is 23.8. The molecule has 0 radical (unpaired) electrons. The normalized spacial score (nSPS) is 11.1. The molecule has 0 aliphatic heterocycles. The summed E-state index contributed by atoms with van der Waals surface area (Å²) < 4.78 is 0. The van der Waals surface area contributed by atoms with Gasteiger partial charge in [0.25, 0.3) is 0 Å². The third-order valence-corrected chi connectivity index (χ3v) is 3.48. The second kappa shape index (κ2) is 7.55. The number of hydrazone groups is 1. The van der Waals surface area contributed by atoms with E-state index in [0.29, 0.717) is 11.4 Å². The standard InChI is InChI=1S/C19H21N3O2/c1-12-5-7-16(8-6-12)15(4)21-22-19(24)18(23)20-17-10-13(2)9-14(3)11-17/h5-11H,1-4H3,(H,20,23)(H,22,24). The number of rotatable bonds is 3. The third kappa shape index (κ3) is 4.78. The maximum atomic E-state index is 11.9. The Balaban J connectivity index is 1.99. The van der Waals surface area contributed by atoms with E-state index in [1.807, 2.05) is 51.1 Å². The summed E-state index contributed by atoms with van der Waals surface area (Å²) in [6.07, 6.45) is 0. The molecule has 0 aromatic heterocycles. The van der Waals surface area contributed by atoms with E-state index in [4.69, 9.17) is 0 Å². The van der Waals surface area contributed by atoms with Crippen LogP contribution in [0.25, 0.3) is 0 Å². The number of nitrogens with zero attached hydrogens (tertiary/aromatic N) is 1. The Kier molecular flexibility index (Phi) is 5.47. The average Bonchev–Trinajstić information content (AvgIpc) is 2.51. The predicted octanol–water partition coefficient (Wildman–Crippen LogP) is 3.09. The van der Waals surface area contributed by atoms with Crippen LogP contribution < -0.4 is 10.7 Å². The molecule has 124 valence electrons. The monoisotopic (exact) mass is 323 g/mol. The fourth-order valence-electron chi connectivity index (χ4n) is 2.28. The number of amides is 2. The van der Waals surface area contributed by atoms with Gasteiger partial charge in [0.1, 0.15) is 0 Å². The number of carbonyl (C=O) groups excluding carboxylic acids is 2. The van der Waals surface area contributed by atoms with Crippen LogP contribution in [-0.2, 0) is 9.59 Å². The van der Waals surface area contributed by atoms with Gasteiger partial charge < -0.3 is 5.32 Å². The van der Waals surface area contributed by atoms with Gasteiger partial charge in [-0.15, -0.1) is 0 Å². The van der Waals surface area contributed by atoms with E-state index in [1.54, 1.807) is 19.1 Å². The molecule has 0 unspecified atom stereocenters. The summed E-state index contributed by atoms with van der Waals surface area (Å²) in [5.41, 5.74) is 7.55. The van der Waals surface area contributed by atoms with Crippen LogP contribution >= 0.6 is 0 Å². The van der Waals surface area contributed by atoms with Crippen molar-refractivity contribution in [2.24, 2.45) is 5.10 Å². The van der Waals surface area contributed by atoms with Crippen LogP contribution in [0.4, 0.5) is 5.69 Å². The van der Waals surface area contributed by atoms with Crippen molar-refractivity contribution in [1.82, 2.24) is 5.43 Å². The number of hydrogen-bond donors (Lipinski definition) is 2. The second-order valence-corrected chi connectivity index (χ2v) is 5.83. The lowest BCUT2D eigenvalue weighted by atomic mass is 10.1. The Labute approximate surface area is 141 Å². The van der Waals surface area contributed by atoms with Gasteiger partial charge in [0.05, 0.1) is 5.71 Å². The maximum Gasteiger partial charge on any atom is 0.329 e. The van der Waals surface area contributed by atoms with Gasteiger partial charge in [0.15, 0.2) is 0 Å². The quantitative estimate of drug-likeness (QED) is 0.518. The average molecular weight is 323 g/mol. The zero-order chi connectivity index (χ0) is 17.7. The van der Waals surface area contributed by atoms with Crippen LogP contribution in [0.1, 0.15) is 29.2 Å². The highest BCUT2D eigenvalue weighted by molar-refractivity contribution is 6.39. The van der Waals surface area contributed by atoms with Gasteiger partial charge in [0, 0.05) is 5.69 Å². The topological polar surface area (TPSA) is 70.6 Å². The molecule has 0 atom stereocenters. The van der Waals surface area contributed by atoms with Crippen LogP contribution in [-0.4, -0.2) is 17.5 Å². The summed E-state index contributed by atoms with van der Waals surface area (Å²) in [6.45, 7) is 7.62. The second-order valence-electron chi connectivity index (χ2n) is 5.83. The van der Waals surface area contributed by atoms with Crippen LogP contribution in [0.5, 0.6) is 0 Å². The van der Waals surface area contributed by atoms with Crippen molar-refractivity contribution in [3.63, 3.8) is 0 Å². The Morgan fingerprint density at radius 1 is 0.833 bits per heavy atom. The minimum absolute atomic E-state index is 0.590. The minimum Gasteiger partial charge on any atom is -0.318 e. The van der Waals surface area contributed by atoms with Crippen molar-refractivity contribution in [3.05, 3.63) is 64.7 Å². The highest BCUT2D eigenvalue weighted by atomic mass is 16.2. The zero-order valence-corrected chi connectivity index (χ0v) is 14.3. The molecule has 0 saturated carbocycles. The largest absolute Gasteiger partial charge is 0.329 e. The van der Waals surface area contributed by atoms with Gasteiger partial charge in [-0.1, -0.05) is 35.9 Å². The van der Waals surface area contributed by atoms with E-state index >= 15 is 0 Å². The first-order chi connectivity index (χ1) is 11.3. The predicted molar refractivity (Wildman–Crippen MR) is 96.1 cm³/mol. The molecule has 0 bridgehead atoms. The summed E-state index contributed by atoms with van der Waals surface area (Å²) in [7, 11) is 0. The summed E-state index contributed by atoms with van der Waals surface area (Å²) in [5.74, 6) is -1.55. The van der Waals surface area contributed by atoms with Gasteiger partial charge in [-0.05, 0) is 56.5 Å². The molecule has 2 rings (SSSR count). The molecule has 2 aromatic rings. The summed E-state index contributed by atoms with van der Waals surface area (Å²) >= 11 is 0. The molecule has 0 heterocycles. The number of carbonyl (C=O) groups is 2. The van der Waals surface area contributed by atoms with Crippen molar-refractivity contribution in [2.75, 3.05) is 5.32 Å². The molecule has 0 aliphatic rings. The molecule has 5 nitrogen and oxygen atoms in total. The summed E-state index contributed by atoms with van der Waals surface area (Å²) in [6, 6.07) is 13.3. The van der Waals surface area contributed by atoms with Crippen molar-refractivity contribution in [2.45, 2.75) is 27.7 Å². The lowest BCUT2D eigenvalue weighted by Crippen LogP contribution is -2.33. The van der Waals surface area contributed by atoms with Crippen LogP contribution in [0.3, 0.4) is 0 Å². The lowest BCUT2D eigenvalue weighted by Gasteiger charge is -2.07. The fraction of sp³-hybridized carbons (Fsp3) is 0.211. The van der Waals surface area contributed by atoms with E-state index in [0.717, 1.165) is 22.3 Å².